The Hall–Kier alpha value is -0.900. The average Bonchev–Trinajstić information content (AvgIpc) is 2.81. The van der Waals surface area contributed by atoms with Crippen molar-refractivity contribution in [2.45, 2.75) is 38.1 Å². The summed E-state index contributed by atoms with van der Waals surface area (Å²) in [5.41, 5.74) is 7.46. The summed E-state index contributed by atoms with van der Waals surface area (Å²) in [6, 6.07) is 7.32. The molecule has 3 N–H and O–H groups in total. The minimum absolute atomic E-state index is 0.367. The molecule has 0 radical (unpaired) electrons. The standard InChI is InChI=1S/C15H25N3/c1-18(2)9-8-15(17-16)11-12-6-7-13-4-3-5-14(13)10-12/h6-7,10,15,17H,3-5,8-9,11,16H2,1-2H3. The third-order valence-electron chi connectivity index (χ3n) is 3.81. The third-order valence-corrected chi connectivity index (χ3v) is 3.81. The first kappa shape index (κ1) is 13.5. The van der Waals surface area contributed by atoms with Crippen molar-refractivity contribution >= 4 is 0 Å². The molecular weight excluding hydrogens is 222 g/mol. The molecule has 3 heteroatoms. The van der Waals surface area contributed by atoms with Crippen LogP contribution >= 0.6 is 0 Å². The summed E-state index contributed by atoms with van der Waals surface area (Å²) in [6.45, 7) is 1.07. The molecule has 0 heterocycles. The Labute approximate surface area is 110 Å². The maximum atomic E-state index is 5.65. The maximum Gasteiger partial charge on any atom is 0.0263 e. The second kappa shape index (κ2) is 6.32. The average molecular weight is 247 g/mol. The fourth-order valence-electron chi connectivity index (χ4n) is 2.70. The highest BCUT2D eigenvalue weighted by Gasteiger charge is 2.13. The van der Waals surface area contributed by atoms with Crippen molar-refractivity contribution in [3.63, 3.8) is 0 Å². The van der Waals surface area contributed by atoms with Crippen LogP contribution in [0, 0.1) is 0 Å². The van der Waals surface area contributed by atoms with Crippen LogP contribution < -0.4 is 11.3 Å². The summed E-state index contributed by atoms with van der Waals surface area (Å²) in [4.78, 5) is 2.20. The summed E-state index contributed by atoms with van der Waals surface area (Å²) < 4.78 is 0. The van der Waals surface area contributed by atoms with Gasteiger partial charge in [-0.1, -0.05) is 18.2 Å². The number of rotatable bonds is 6. The van der Waals surface area contributed by atoms with Crippen LogP contribution in [0.2, 0.25) is 0 Å². The largest absolute Gasteiger partial charge is 0.309 e. The molecule has 1 aromatic carbocycles. The van der Waals surface area contributed by atoms with Gasteiger partial charge in [-0.05, 0) is 69.4 Å². The molecule has 1 aliphatic carbocycles. The molecule has 100 valence electrons. The number of aryl methyl sites for hydroxylation is 2. The van der Waals surface area contributed by atoms with Crippen LogP contribution in [-0.2, 0) is 19.3 Å². The highest BCUT2D eigenvalue weighted by atomic mass is 15.2. The van der Waals surface area contributed by atoms with Crippen molar-refractivity contribution < 1.29 is 0 Å². The zero-order chi connectivity index (χ0) is 13.0. The molecule has 0 saturated heterocycles. The molecule has 1 aromatic rings. The summed E-state index contributed by atoms with van der Waals surface area (Å²) >= 11 is 0. The number of benzene rings is 1. The van der Waals surface area contributed by atoms with Gasteiger partial charge in [-0.3, -0.25) is 11.3 Å². The van der Waals surface area contributed by atoms with Gasteiger partial charge in [0, 0.05) is 6.04 Å². The Balaban J connectivity index is 1.94. The minimum Gasteiger partial charge on any atom is -0.309 e. The first-order chi connectivity index (χ1) is 8.69. The highest BCUT2D eigenvalue weighted by Crippen LogP contribution is 2.23. The molecule has 0 saturated carbocycles. The van der Waals surface area contributed by atoms with Gasteiger partial charge in [-0.2, -0.15) is 0 Å². The van der Waals surface area contributed by atoms with E-state index in [0.717, 1.165) is 19.4 Å². The Morgan fingerprint density at radius 1 is 1.28 bits per heavy atom. The van der Waals surface area contributed by atoms with Gasteiger partial charge >= 0.3 is 0 Å². The van der Waals surface area contributed by atoms with E-state index in [1.54, 1.807) is 11.1 Å². The molecule has 1 atom stereocenters. The molecule has 1 aliphatic rings. The minimum atomic E-state index is 0.367. The number of hydrogen-bond acceptors (Lipinski definition) is 3. The molecule has 0 spiro atoms. The summed E-state index contributed by atoms with van der Waals surface area (Å²) in [5.74, 6) is 5.65. The SMILES string of the molecule is CN(C)CCC(Cc1ccc2c(c1)CCC2)NN. The van der Waals surface area contributed by atoms with Crippen molar-refractivity contribution in [3.05, 3.63) is 34.9 Å². The van der Waals surface area contributed by atoms with Crippen LogP contribution in [0.4, 0.5) is 0 Å². The Morgan fingerprint density at radius 2 is 2.06 bits per heavy atom. The quantitative estimate of drug-likeness (QED) is 0.591. The van der Waals surface area contributed by atoms with Crippen LogP contribution in [0.15, 0.2) is 18.2 Å². The normalized spacial score (nSPS) is 16.0. The van der Waals surface area contributed by atoms with Crippen molar-refractivity contribution in [2.24, 2.45) is 5.84 Å². The second-order valence-corrected chi connectivity index (χ2v) is 5.62. The van der Waals surface area contributed by atoms with E-state index < -0.39 is 0 Å². The van der Waals surface area contributed by atoms with Crippen LogP contribution in [0.3, 0.4) is 0 Å². The van der Waals surface area contributed by atoms with Crippen molar-refractivity contribution in [1.82, 2.24) is 10.3 Å². The first-order valence-electron chi connectivity index (χ1n) is 6.90. The van der Waals surface area contributed by atoms with E-state index in [1.807, 2.05) is 0 Å². The van der Waals surface area contributed by atoms with Crippen molar-refractivity contribution in [3.8, 4) is 0 Å². The van der Waals surface area contributed by atoms with Crippen molar-refractivity contribution in [2.75, 3.05) is 20.6 Å². The fraction of sp³-hybridized carbons (Fsp3) is 0.600. The molecule has 0 bridgehead atoms. The van der Waals surface area contributed by atoms with Gasteiger partial charge in [0.15, 0.2) is 0 Å². The monoisotopic (exact) mass is 247 g/mol. The van der Waals surface area contributed by atoms with Gasteiger partial charge in [-0.15, -0.1) is 0 Å². The van der Waals surface area contributed by atoms with Gasteiger partial charge < -0.3 is 4.90 Å². The molecule has 2 rings (SSSR count). The van der Waals surface area contributed by atoms with E-state index in [9.17, 15) is 0 Å². The van der Waals surface area contributed by atoms with E-state index in [4.69, 9.17) is 5.84 Å². The zero-order valence-corrected chi connectivity index (χ0v) is 11.6. The number of hydrogen-bond donors (Lipinski definition) is 2. The van der Waals surface area contributed by atoms with Gasteiger partial charge in [0.2, 0.25) is 0 Å². The molecule has 0 amide bonds. The summed E-state index contributed by atoms with van der Waals surface area (Å²) in [7, 11) is 4.20. The molecular formula is C15H25N3. The first-order valence-corrected chi connectivity index (χ1v) is 6.90. The van der Waals surface area contributed by atoms with Crippen LogP contribution in [0.1, 0.15) is 29.5 Å². The molecule has 0 fully saturated rings. The van der Waals surface area contributed by atoms with Crippen LogP contribution in [0.5, 0.6) is 0 Å². The topological polar surface area (TPSA) is 41.3 Å². The predicted octanol–water partition coefficient (Wildman–Crippen LogP) is 1.50. The summed E-state index contributed by atoms with van der Waals surface area (Å²) in [5, 5.41) is 0. The lowest BCUT2D eigenvalue weighted by atomic mass is 9.99. The van der Waals surface area contributed by atoms with Crippen LogP contribution in [-0.4, -0.2) is 31.6 Å². The van der Waals surface area contributed by atoms with Gasteiger partial charge in [-0.25, -0.2) is 0 Å². The third kappa shape index (κ3) is 3.55. The number of nitrogens with zero attached hydrogens (tertiary/aromatic N) is 1. The fourth-order valence-corrected chi connectivity index (χ4v) is 2.70. The number of nitrogens with one attached hydrogen (secondary N) is 1. The van der Waals surface area contributed by atoms with Crippen LogP contribution in [0.25, 0.3) is 0 Å². The van der Waals surface area contributed by atoms with Crippen molar-refractivity contribution in [1.29, 1.82) is 0 Å². The smallest absolute Gasteiger partial charge is 0.0263 e. The molecule has 1 unspecified atom stereocenters. The van der Waals surface area contributed by atoms with E-state index in [1.165, 1.54) is 24.8 Å². The second-order valence-electron chi connectivity index (χ2n) is 5.62. The van der Waals surface area contributed by atoms with Gasteiger partial charge in [0.25, 0.3) is 0 Å². The number of hydrazine groups is 1. The lowest BCUT2D eigenvalue weighted by Gasteiger charge is -2.19. The Bertz CT molecular complexity index is 387. The van der Waals surface area contributed by atoms with Gasteiger partial charge in [0.05, 0.1) is 0 Å². The molecule has 18 heavy (non-hydrogen) atoms. The summed E-state index contributed by atoms with van der Waals surface area (Å²) in [6.07, 6.45) is 5.94. The molecule has 3 nitrogen and oxygen atoms in total. The van der Waals surface area contributed by atoms with E-state index in [2.05, 4.69) is 42.6 Å². The van der Waals surface area contributed by atoms with E-state index >= 15 is 0 Å². The maximum absolute atomic E-state index is 5.65. The highest BCUT2D eigenvalue weighted by molar-refractivity contribution is 5.35. The predicted molar refractivity (Wildman–Crippen MR) is 76.5 cm³/mol. The lowest BCUT2D eigenvalue weighted by Crippen LogP contribution is -2.38. The lowest BCUT2D eigenvalue weighted by molar-refractivity contribution is 0.358. The van der Waals surface area contributed by atoms with Gasteiger partial charge in [0.1, 0.15) is 0 Å². The number of nitrogens with two attached hydrogens (primary N) is 1. The van der Waals surface area contributed by atoms with E-state index in [0.29, 0.717) is 6.04 Å². The molecule has 0 aromatic heterocycles. The Kier molecular flexibility index (Phi) is 4.75. The number of fused-ring (bicyclic) bond motifs is 1. The Morgan fingerprint density at radius 3 is 2.78 bits per heavy atom. The van der Waals surface area contributed by atoms with E-state index in [-0.39, 0.29) is 0 Å². The zero-order valence-electron chi connectivity index (χ0n) is 11.6. The molecule has 0 aliphatic heterocycles.